The third-order valence-electron chi connectivity index (χ3n) is 16.4. The number of amides is 1. The van der Waals surface area contributed by atoms with E-state index in [1.165, 1.54) is 231 Å². The summed E-state index contributed by atoms with van der Waals surface area (Å²) in [5.74, 6) is -0.187. The minimum Gasteiger partial charge on any atom is -0.394 e. The van der Waals surface area contributed by atoms with Crippen LogP contribution in [-0.2, 0) is 14.3 Å². The molecule has 0 bridgehead atoms. The van der Waals surface area contributed by atoms with Crippen LogP contribution in [0.2, 0.25) is 0 Å². The van der Waals surface area contributed by atoms with Gasteiger partial charge in [-0.2, -0.15) is 0 Å². The fourth-order valence-corrected chi connectivity index (χ4v) is 10.9. The van der Waals surface area contributed by atoms with E-state index in [2.05, 4.69) is 92.1 Å². The monoisotopic (exact) mass is 1160 g/mol. The maximum Gasteiger partial charge on any atom is 0.220 e. The Morgan fingerprint density at radius 1 is 0.422 bits per heavy atom. The molecule has 1 amide bonds. The molecule has 0 aliphatic carbocycles. The molecule has 9 nitrogen and oxygen atoms in total. The number of hydrogen-bond acceptors (Lipinski definition) is 8. The standard InChI is InChI=1S/C74H133NO8/c1-3-5-7-9-11-13-15-17-19-21-23-24-25-26-27-28-29-30-31-32-33-34-35-36-37-38-39-40-41-42-43-44-46-48-50-52-54-56-58-60-62-64-70(78)75-67(66-82-74-73(81)72(80)71(79)69(65-76)83-74)68(77)63-61-59-57-55-53-51-49-47-45-22-20-18-16-14-12-10-8-6-4-2/h5,7,11,13,17,19,23-24,45,47,53,55,61,63,67-69,71-74,76-77,79-81H,3-4,6,8-10,12,14-16,18,20-22,25-44,46,48-52,54,56-60,62,64-66H2,1-2H3,(H,75,78)/b7-5-,13-11-,19-17-,24-23-,47-45+,55-53+,63-61+. The minimum absolute atomic E-state index is 0.187. The molecule has 0 aromatic carbocycles. The van der Waals surface area contributed by atoms with Gasteiger partial charge < -0.3 is 40.3 Å². The zero-order valence-electron chi connectivity index (χ0n) is 53.9. The van der Waals surface area contributed by atoms with Crippen LogP contribution in [0, 0.1) is 0 Å². The third-order valence-corrected chi connectivity index (χ3v) is 16.4. The van der Waals surface area contributed by atoms with Crippen LogP contribution < -0.4 is 5.32 Å². The molecule has 1 fully saturated rings. The van der Waals surface area contributed by atoms with Crippen molar-refractivity contribution in [1.29, 1.82) is 0 Å². The largest absolute Gasteiger partial charge is 0.394 e. The van der Waals surface area contributed by atoms with E-state index in [0.717, 1.165) is 70.6 Å². The molecule has 7 unspecified atom stereocenters. The fraction of sp³-hybridized carbons (Fsp3) is 0.797. The summed E-state index contributed by atoms with van der Waals surface area (Å²) in [5, 5.41) is 54.6. The van der Waals surface area contributed by atoms with Gasteiger partial charge in [0.15, 0.2) is 6.29 Å². The average molecular weight is 1160 g/mol. The molecule has 1 aliphatic rings. The number of unbranched alkanes of at least 4 members (excludes halogenated alkanes) is 39. The van der Waals surface area contributed by atoms with Crippen LogP contribution in [0.1, 0.15) is 322 Å². The van der Waals surface area contributed by atoms with Crippen molar-refractivity contribution in [3.05, 3.63) is 85.1 Å². The van der Waals surface area contributed by atoms with Crippen LogP contribution in [0.5, 0.6) is 0 Å². The topological polar surface area (TPSA) is 149 Å². The molecule has 1 heterocycles. The highest BCUT2D eigenvalue weighted by atomic mass is 16.7. The van der Waals surface area contributed by atoms with Crippen molar-refractivity contribution >= 4 is 5.91 Å². The Balaban J connectivity index is 2.06. The lowest BCUT2D eigenvalue weighted by atomic mass is 9.99. The zero-order chi connectivity index (χ0) is 60.0. The van der Waals surface area contributed by atoms with Gasteiger partial charge in [0.1, 0.15) is 24.4 Å². The van der Waals surface area contributed by atoms with Crippen LogP contribution in [0.15, 0.2) is 85.1 Å². The SMILES string of the molecule is CC/C=C\C/C=C\C/C=C\C/C=C\CCCCCCCCCCCCCCCCCCCCCCCCCCCCCCC(=O)NC(COC1OC(CO)C(O)C(O)C1O)C(O)/C=C/CC/C=C/CC/C=C/CCCCCCCCCCC. The minimum atomic E-state index is -1.58. The van der Waals surface area contributed by atoms with E-state index in [-0.39, 0.29) is 12.5 Å². The second kappa shape index (κ2) is 62.4. The fourth-order valence-electron chi connectivity index (χ4n) is 10.9. The first-order chi connectivity index (χ1) is 40.8. The molecule has 6 N–H and O–H groups in total. The van der Waals surface area contributed by atoms with Gasteiger partial charge in [0.05, 0.1) is 25.4 Å². The number of aliphatic hydroxyl groups excluding tert-OH is 5. The van der Waals surface area contributed by atoms with E-state index in [0.29, 0.717) is 6.42 Å². The van der Waals surface area contributed by atoms with Gasteiger partial charge in [-0.3, -0.25) is 4.79 Å². The first-order valence-corrected chi connectivity index (χ1v) is 35.3. The molecular formula is C74H133NO8. The van der Waals surface area contributed by atoms with E-state index in [1.807, 2.05) is 6.08 Å². The maximum absolute atomic E-state index is 13.1. The summed E-state index contributed by atoms with van der Waals surface area (Å²) in [6, 6.07) is -0.830. The summed E-state index contributed by atoms with van der Waals surface area (Å²) in [7, 11) is 0. The summed E-state index contributed by atoms with van der Waals surface area (Å²) < 4.78 is 11.3. The van der Waals surface area contributed by atoms with Crippen LogP contribution in [0.3, 0.4) is 0 Å². The number of nitrogens with one attached hydrogen (secondary N) is 1. The molecule has 83 heavy (non-hydrogen) atoms. The molecule has 1 aliphatic heterocycles. The lowest BCUT2D eigenvalue weighted by Gasteiger charge is -2.40. The molecule has 0 radical (unpaired) electrons. The third kappa shape index (κ3) is 51.2. The van der Waals surface area contributed by atoms with Gasteiger partial charge >= 0.3 is 0 Å². The average Bonchev–Trinajstić information content (AvgIpc) is 3.61. The molecule has 0 spiro atoms. The Bertz CT molecular complexity index is 1590. The van der Waals surface area contributed by atoms with Crippen LogP contribution >= 0.6 is 0 Å². The van der Waals surface area contributed by atoms with Crippen molar-refractivity contribution in [1.82, 2.24) is 5.32 Å². The lowest BCUT2D eigenvalue weighted by Crippen LogP contribution is -2.60. The highest BCUT2D eigenvalue weighted by molar-refractivity contribution is 5.76. The van der Waals surface area contributed by atoms with Crippen molar-refractivity contribution in [2.75, 3.05) is 13.2 Å². The van der Waals surface area contributed by atoms with Gasteiger partial charge in [-0.05, 0) is 83.5 Å². The molecule has 7 atom stereocenters. The second-order valence-electron chi connectivity index (χ2n) is 24.3. The zero-order valence-corrected chi connectivity index (χ0v) is 53.9. The normalized spacial score (nSPS) is 18.8. The molecule has 0 aromatic heterocycles. The van der Waals surface area contributed by atoms with Gasteiger partial charge in [0.25, 0.3) is 0 Å². The molecule has 1 rings (SSSR count). The summed E-state index contributed by atoms with van der Waals surface area (Å²) in [6.07, 6.45) is 82.8. The van der Waals surface area contributed by atoms with E-state index in [4.69, 9.17) is 9.47 Å². The second-order valence-corrected chi connectivity index (χ2v) is 24.3. The Hall–Kier alpha value is -2.63. The predicted molar refractivity (Wildman–Crippen MR) is 355 cm³/mol. The Morgan fingerprint density at radius 3 is 1.16 bits per heavy atom. The number of carbonyl (C=O) groups is 1. The molecule has 482 valence electrons. The molecule has 0 aromatic rings. The van der Waals surface area contributed by atoms with E-state index in [9.17, 15) is 30.3 Å². The highest BCUT2D eigenvalue weighted by Gasteiger charge is 2.44. The van der Waals surface area contributed by atoms with Gasteiger partial charge in [0, 0.05) is 6.42 Å². The predicted octanol–water partition coefficient (Wildman–Crippen LogP) is 19.3. The number of aliphatic hydroxyl groups is 5. The van der Waals surface area contributed by atoms with E-state index in [1.54, 1.807) is 6.08 Å². The Morgan fingerprint density at radius 2 is 0.759 bits per heavy atom. The Labute approximate surface area is 511 Å². The first kappa shape index (κ1) is 78.4. The quantitative estimate of drug-likeness (QED) is 0.0261. The van der Waals surface area contributed by atoms with Crippen LogP contribution in [0.25, 0.3) is 0 Å². The first-order valence-electron chi connectivity index (χ1n) is 35.3. The highest BCUT2D eigenvalue weighted by Crippen LogP contribution is 2.23. The summed E-state index contributed by atoms with van der Waals surface area (Å²) in [6.45, 7) is 3.67. The summed E-state index contributed by atoms with van der Waals surface area (Å²) in [5.41, 5.74) is 0. The molecular weight excluding hydrogens is 1030 g/mol. The lowest BCUT2D eigenvalue weighted by molar-refractivity contribution is -0.302. The number of rotatable bonds is 61. The maximum atomic E-state index is 13.1. The smallest absolute Gasteiger partial charge is 0.220 e. The van der Waals surface area contributed by atoms with Crippen LogP contribution in [-0.4, -0.2) is 87.5 Å². The van der Waals surface area contributed by atoms with E-state index < -0.39 is 49.5 Å². The van der Waals surface area contributed by atoms with Crippen LogP contribution in [0.4, 0.5) is 0 Å². The Kier molecular flexibility index (Phi) is 59.0. The number of ether oxygens (including phenoxy) is 2. The van der Waals surface area contributed by atoms with Gasteiger partial charge in [-0.15, -0.1) is 0 Å². The molecule has 0 saturated carbocycles. The van der Waals surface area contributed by atoms with Gasteiger partial charge in [0.2, 0.25) is 5.91 Å². The van der Waals surface area contributed by atoms with Crippen molar-refractivity contribution < 1.29 is 39.8 Å². The van der Waals surface area contributed by atoms with Crippen molar-refractivity contribution in [2.45, 2.75) is 365 Å². The van der Waals surface area contributed by atoms with Crippen molar-refractivity contribution in [3.63, 3.8) is 0 Å². The number of hydrogen-bond donors (Lipinski definition) is 6. The van der Waals surface area contributed by atoms with Gasteiger partial charge in [-0.25, -0.2) is 0 Å². The summed E-state index contributed by atoms with van der Waals surface area (Å²) >= 11 is 0. The molecule has 9 heteroatoms. The van der Waals surface area contributed by atoms with Gasteiger partial charge in [-0.1, -0.05) is 317 Å². The molecule has 1 saturated heterocycles. The van der Waals surface area contributed by atoms with E-state index >= 15 is 0 Å². The van der Waals surface area contributed by atoms with Crippen molar-refractivity contribution in [3.8, 4) is 0 Å². The van der Waals surface area contributed by atoms with Crippen molar-refractivity contribution in [2.24, 2.45) is 0 Å². The number of carbonyl (C=O) groups excluding carboxylic acids is 1. The number of allylic oxidation sites excluding steroid dienone is 13. The summed E-state index contributed by atoms with van der Waals surface area (Å²) in [4.78, 5) is 13.1.